The number of carbonyl (C=O) groups excluding carboxylic acids is 2. The highest BCUT2D eigenvalue weighted by atomic mass is 16.5. The van der Waals surface area contributed by atoms with E-state index in [1.165, 1.54) is 0 Å². The van der Waals surface area contributed by atoms with E-state index in [9.17, 15) is 9.59 Å². The van der Waals surface area contributed by atoms with E-state index < -0.39 is 5.97 Å². The summed E-state index contributed by atoms with van der Waals surface area (Å²) in [5, 5.41) is 0. The van der Waals surface area contributed by atoms with Crippen molar-refractivity contribution in [1.82, 2.24) is 0 Å². The summed E-state index contributed by atoms with van der Waals surface area (Å²) < 4.78 is 10.6. The van der Waals surface area contributed by atoms with Crippen molar-refractivity contribution < 1.29 is 19.1 Å². The summed E-state index contributed by atoms with van der Waals surface area (Å²) in [6.07, 6.45) is 0.650. The van der Waals surface area contributed by atoms with Gasteiger partial charge in [-0.05, 0) is 31.2 Å². The van der Waals surface area contributed by atoms with Gasteiger partial charge in [-0.3, -0.25) is 4.79 Å². The molecule has 20 heavy (non-hydrogen) atoms. The Hall–Kier alpha value is -2.62. The molecule has 0 N–H and O–H groups in total. The summed E-state index contributed by atoms with van der Waals surface area (Å²) in [6, 6.07) is 13.4. The number of hydrogen-bond acceptors (Lipinski definition) is 4. The predicted octanol–water partition coefficient (Wildman–Crippen LogP) is 3.12. The minimum atomic E-state index is -0.552. The maximum absolute atomic E-state index is 12.2. The highest BCUT2D eigenvalue weighted by Crippen LogP contribution is 2.22. The van der Waals surface area contributed by atoms with Crippen molar-refractivity contribution in [2.45, 2.75) is 6.92 Å². The molecule has 2 rings (SSSR count). The first kappa shape index (κ1) is 13.8. The van der Waals surface area contributed by atoms with Gasteiger partial charge in [0.05, 0.1) is 12.2 Å². The molecule has 0 heterocycles. The second kappa shape index (κ2) is 6.52. The van der Waals surface area contributed by atoms with Crippen LogP contribution in [-0.2, 0) is 0 Å². The normalized spacial score (nSPS) is 9.85. The molecule has 0 saturated heterocycles. The standard InChI is InChI=1S/C16H14O4/c1-2-19-15-10-6-4-8-13(15)16(18)20-14-9-5-3-7-12(14)11-17/h3-11H,2H2,1H3. The fourth-order valence-electron chi connectivity index (χ4n) is 1.74. The number of rotatable bonds is 5. The molecule has 0 aromatic heterocycles. The quantitative estimate of drug-likeness (QED) is 0.476. The lowest BCUT2D eigenvalue weighted by Crippen LogP contribution is -2.11. The third-order valence-electron chi connectivity index (χ3n) is 2.66. The Labute approximate surface area is 116 Å². The maximum atomic E-state index is 12.2. The van der Waals surface area contributed by atoms with Gasteiger partial charge in [-0.15, -0.1) is 0 Å². The summed E-state index contributed by atoms with van der Waals surface area (Å²) in [5.41, 5.74) is 0.657. The average molecular weight is 270 g/mol. The highest BCUT2D eigenvalue weighted by Gasteiger charge is 2.15. The molecule has 2 aromatic carbocycles. The van der Waals surface area contributed by atoms with Crippen LogP contribution < -0.4 is 9.47 Å². The van der Waals surface area contributed by atoms with Gasteiger partial charge < -0.3 is 9.47 Å². The first-order valence-electron chi connectivity index (χ1n) is 6.24. The summed E-state index contributed by atoms with van der Waals surface area (Å²) in [7, 11) is 0. The smallest absolute Gasteiger partial charge is 0.347 e. The van der Waals surface area contributed by atoms with Crippen LogP contribution in [-0.4, -0.2) is 18.9 Å². The lowest BCUT2D eigenvalue weighted by Gasteiger charge is -2.10. The lowest BCUT2D eigenvalue weighted by molar-refractivity contribution is 0.0729. The number of benzene rings is 2. The number of ether oxygens (including phenoxy) is 2. The van der Waals surface area contributed by atoms with Gasteiger partial charge in [-0.25, -0.2) is 4.79 Å². The SMILES string of the molecule is CCOc1ccccc1C(=O)Oc1ccccc1C=O. The molecular weight excluding hydrogens is 256 g/mol. The number of esters is 1. The van der Waals surface area contributed by atoms with Crippen LogP contribution in [0.3, 0.4) is 0 Å². The largest absolute Gasteiger partial charge is 0.493 e. The Kier molecular flexibility index (Phi) is 4.50. The molecule has 0 aliphatic rings. The summed E-state index contributed by atoms with van der Waals surface area (Å²) >= 11 is 0. The fourth-order valence-corrected chi connectivity index (χ4v) is 1.74. The predicted molar refractivity (Wildman–Crippen MR) is 74.4 cm³/mol. The molecule has 0 saturated carbocycles. The van der Waals surface area contributed by atoms with E-state index in [2.05, 4.69) is 0 Å². The fraction of sp³-hybridized carbons (Fsp3) is 0.125. The van der Waals surface area contributed by atoms with Crippen molar-refractivity contribution in [2.75, 3.05) is 6.61 Å². The van der Waals surface area contributed by atoms with E-state index in [0.29, 0.717) is 29.8 Å². The molecule has 0 fully saturated rings. The molecule has 0 aliphatic carbocycles. The minimum absolute atomic E-state index is 0.235. The maximum Gasteiger partial charge on any atom is 0.347 e. The first-order valence-corrected chi connectivity index (χ1v) is 6.24. The summed E-state index contributed by atoms with van der Waals surface area (Å²) in [6.45, 7) is 2.29. The van der Waals surface area contributed by atoms with Crippen LogP contribution in [0.5, 0.6) is 11.5 Å². The molecule has 0 unspecified atom stereocenters. The van der Waals surface area contributed by atoms with E-state index >= 15 is 0 Å². The van der Waals surface area contributed by atoms with Gasteiger partial charge in [0.1, 0.15) is 17.1 Å². The Morgan fingerprint density at radius 1 is 1.05 bits per heavy atom. The van der Waals surface area contributed by atoms with Crippen molar-refractivity contribution in [3.8, 4) is 11.5 Å². The number of aldehydes is 1. The van der Waals surface area contributed by atoms with E-state index in [1.54, 1.807) is 48.5 Å². The van der Waals surface area contributed by atoms with Gasteiger partial charge >= 0.3 is 5.97 Å². The number of para-hydroxylation sites is 2. The molecule has 0 atom stereocenters. The van der Waals surface area contributed by atoms with Crippen molar-refractivity contribution in [3.63, 3.8) is 0 Å². The highest BCUT2D eigenvalue weighted by molar-refractivity contribution is 5.95. The monoisotopic (exact) mass is 270 g/mol. The Morgan fingerprint density at radius 3 is 2.40 bits per heavy atom. The van der Waals surface area contributed by atoms with Gasteiger partial charge in [0.15, 0.2) is 6.29 Å². The zero-order valence-electron chi connectivity index (χ0n) is 11.0. The molecule has 0 aliphatic heterocycles. The first-order chi connectivity index (χ1) is 9.76. The van der Waals surface area contributed by atoms with E-state index in [0.717, 1.165) is 0 Å². The van der Waals surface area contributed by atoms with E-state index in [-0.39, 0.29) is 5.75 Å². The molecular formula is C16H14O4. The molecule has 0 radical (unpaired) electrons. The molecule has 0 bridgehead atoms. The Bertz CT molecular complexity index is 619. The van der Waals surface area contributed by atoms with Crippen molar-refractivity contribution in [3.05, 3.63) is 59.7 Å². The summed E-state index contributed by atoms with van der Waals surface area (Å²) in [5.74, 6) is 0.144. The second-order valence-electron chi connectivity index (χ2n) is 3.97. The average Bonchev–Trinajstić information content (AvgIpc) is 2.48. The van der Waals surface area contributed by atoms with Gasteiger partial charge in [0.25, 0.3) is 0 Å². The third kappa shape index (κ3) is 3.03. The minimum Gasteiger partial charge on any atom is -0.493 e. The van der Waals surface area contributed by atoms with E-state index in [1.807, 2.05) is 6.92 Å². The Morgan fingerprint density at radius 2 is 1.70 bits per heavy atom. The Balaban J connectivity index is 2.26. The number of carbonyl (C=O) groups is 2. The molecule has 4 heteroatoms. The van der Waals surface area contributed by atoms with Gasteiger partial charge in [0.2, 0.25) is 0 Å². The van der Waals surface area contributed by atoms with E-state index in [4.69, 9.17) is 9.47 Å². The van der Waals surface area contributed by atoms with Crippen LogP contribution in [0.25, 0.3) is 0 Å². The van der Waals surface area contributed by atoms with Crippen LogP contribution in [0.1, 0.15) is 27.6 Å². The van der Waals surface area contributed by atoms with Crippen LogP contribution in [0.2, 0.25) is 0 Å². The van der Waals surface area contributed by atoms with Crippen molar-refractivity contribution in [1.29, 1.82) is 0 Å². The molecule has 0 amide bonds. The summed E-state index contributed by atoms with van der Waals surface area (Å²) in [4.78, 5) is 23.1. The lowest BCUT2D eigenvalue weighted by atomic mass is 10.2. The molecule has 102 valence electrons. The van der Waals surface area contributed by atoms with Crippen LogP contribution in [0.15, 0.2) is 48.5 Å². The van der Waals surface area contributed by atoms with Crippen LogP contribution in [0.4, 0.5) is 0 Å². The third-order valence-corrected chi connectivity index (χ3v) is 2.66. The molecule has 0 spiro atoms. The van der Waals surface area contributed by atoms with Crippen LogP contribution in [0, 0.1) is 0 Å². The van der Waals surface area contributed by atoms with Gasteiger partial charge in [-0.1, -0.05) is 24.3 Å². The zero-order chi connectivity index (χ0) is 14.4. The van der Waals surface area contributed by atoms with Gasteiger partial charge in [0, 0.05) is 0 Å². The van der Waals surface area contributed by atoms with Crippen LogP contribution >= 0.6 is 0 Å². The topological polar surface area (TPSA) is 52.6 Å². The van der Waals surface area contributed by atoms with Crippen molar-refractivity contribution in [2.24, 2.45) is 0 Å². The molecule has 4 nitrogen and oxygen atoms in total. The van der Waals surface area contributed by atoms with Gasteiger partial charge in [-0.2, -0.15) is 0 Å². The number of hydrogen-bond donors (Lipinski definition) is 0. The second-order valence-corrected chi connectivity index (χ2v) is 3.97. The molecule has 2 aromatic rings. The van der Waals surface area contributed by atoms with Crippen molar-refractivity contribution >= 4 is 12.3 Å². The zero-order valence-corrected chi connectivity index (χ0v) is 11.0.